The zero-order valence-electron chi connectivity index (χ0n) is 8.63. The van der Waals surface area contributed by atoms with E-state index in [0.717, 1.165) is 13.2 Å². The Labute approximate surface area is 79.5 Å². The van der Waals surface area contributed by atoms with E-state index in [1.165, 1.54) is 17.0 Å². The molecule has 74 valence electrons. The largest absolute Gasteiger partial charge is 0.383 e. The van der Waals surface area contributed by atoms with E-state index in [9.17, 15) is 0 Å². The Morgan fingerprint density at radius 1 is 1.46 bits per heavy atom. The fourth-order valence-corrected chi connectivity index (χ4v) is 1.61. The van der Waals surface area contributed by atoms with E-state index < -0.39 is 0 Å². The third kappa shape index (κ3) is 2.11. The molecule has 1 aromatic rings. The second kappa shape index (κ2) is 4.44. The Balaban J connectivity index is 2.85. The molecule has 0 aliphatic rings. The van der Waals surface area contributed by atoms with Gasteiger partial charge >= 0.3 is 0 Å². The summed E-state index contributed by atoms with van der Waals surface area (Å²) < 4.78 is 7.29. The SMILES string of the molecule is COCCn1c(C)cc(CN)c1C. The lowest BCUT2D eigenvalue weighted by molar-refractivity contribution is 0.186. The number of ether oxygens (including phenoxy) is 1. The molecule has 0 unspecified atom stereocenters. The monoisotopic (exact) mass is 182 g/mol. The summed E-state index contributed by atoms with van der Waals surface area (Å²) in [5.74, 6) is 0. The maximum atomic E-state index is 5.62. The van der Waals surface area contributed by atoms with Crippen LogP contribution in [0.25, 0.3) is 0 Å². The van der Waals surface area contributed by atoms with Crippen LogP contribution in [0.3, 0.4) is 0 Å². The highest BCUT2D eigenvalue weighted by Gasteiger charge is 2.06. The van der Waals surface area contributed by atoms with Gasteiger partial charge in [-0.2, -0.15) is 0 Å². The van der Waals surface area contributed by atoms with Crippen molar-refractivity contribution >= 4 is 0 Å². The number of nitrogens with zero attached hydrogens (tertiary/aromatic N) is 1. The molecule has 0 fully saturated rings. The molecule has 3 nitrogen and oxygen atoms in total. The van der Waals surface area contributed by atoms with Gasteiger partial charge in [0.05, 0.1) is 6.61 Å². The quantitative estimate of drug-likeness (QED) is 0.760. The third-order valence-electron chi connectivity index (χ3n) is 2.42. The lowest BCUT2D eigenvalue weighted by Crippen LogP contribution is -2.08. The minimum atomic E-state index is 0.618. The zero-order valence-corrected chi connectivity index (χ0v) is 8.63. The number of rotatable bonds is 4. The van der Waals surface area contributed by atoms with Crippen LogP contribution in [-0.2, 0) is 17.8 Å². The van der Waals surface area contributed by atoms with E-state index >= 15 is 0 Å². The van der Waals surface area contributed by atoms with Crippen LogP contribution in [0.5, 0.6) is 0 Å². The van der Waals surface area contributed by atoms with Crippen molar-refractivity contribution in [2.75, 3.05) is 13.7 Å². The molecule has 0 bridgehead atoms. The first-order chi connectivity index (χ1) is 6.20. The van der Waals surface area contributed by atoms with E-state index in [4.69, 9.17) is 10.5 Å². The van der Waals surface area contributed by atoms with E-state index in [2.05, 4.69) is 24.5 Å². The van der Waals surface area contributed by atoms with Crippen molar-refractivity contribution in [3.8, 4) is 0 Å². The summed E-state index contributed by atoms with van der Waals surface area (Å²) in [6.07, 6.45) is 0. The minimum absolute atomic E-state index is 0.618. The molecule has 3 heteroatoms. The van der Waals surface area contributed by atoms with Gasteiger partial charge in [-0.05, 0) is 25.5 Å². The van der Waals surface area contributed by atoms with Crippen molar-refractivity contribution in [3.63, 3.8) is 0 Å². The number of methoxy groups -OCH3 is 1. The van der Waals surface area contributed by atoms with Crippen molar-refractivity contribution in [2.24, 2.45) is 5.73 Å². The Morgan fingerprint density at radius 3 is 2.62 bits per heavy atom. The molecule has 0 aliphatic carbocycles. The van der Waals surface area contributed by atoms with Crippen molar-refractivity contribution in [1.82, 2.24) is 4.57 Å². The van der Waals surface area contributed by atoms with Gasteiger partial charge in [-0.25, -0.2) is 0 Å². The number of hydrogen-bond acceptors (Lipinski definition) is 2. The average molecular weight is 182 g/mol. The third-order valence-corrected chi connectivity index (χ3v) is 2.42. The number of aryl methyl sites for hydroxylation is 1. The van der Waals surface area contributed by atoms with Gasteiger partial charge < -0.3 is 15.0 Å². The standard InChI is InChI=1S/C10H18N2O/c1-8-6-10(7-11)9(2)12(8)4-5-13-3/h6H,4-5,7,11H2,1-3H3. The number of nitrogens with two attached hydrogens (primary N) is 1. The van der Waals surface area contributed by atoms with E-state index in [1.807, 2.05) is 0 Å². The van der Waals surface area contributed by atoms with Gasteiger partial charge in [0, 0.05) is 31.6 Å². The van der Waals surface area contributed by atoms with Crippen LogP contribution < -0.4 is 5.73 Å². The van der Waals surface area contributed by atoms with E-state index in [1.54, 1.807) is 7.11 Å². The molecular formula is C10H18N2O. The van der Waals surface area contributed by atoms with Crippen molar-refractivity contribution < 1.29 is 4.74 Å². The summed E-state index contributed by atoms with van der Waals surface area (Å²) >= 11 is 0. The second-order valence-electron chi connectivity index (χ2n) is 3.24. The van der Waals surface area contributed by atoms with Crippen LogP contribution >= 0.6 is 0 Å². The van der Waals surface area contributed by atoms with Crippen LogP contribution in [0.2, 0.25) is 0 Å². The summed E-state index contributed by atoms with van der Waals surface area (Å²) in [5.41, 5.74) is 9.37. The van der Waals surface area contributed by atoms with Crippen LogP contribution in [0, 0.1) is 13.8 Å². The Hall–Kier alpha value is -0.800. The molecule has 0 aromatic carbocycles. The molecule has 1 heterocycles. The smallest absolute Gasteiger partial charge is 0.0641 e. The maximum absolute atomic E-state index is 5.62. The lowest BCUT2D eigenvalue weighted by atomic mass is 10.2. The van der Waals surface area contributed by atoms with Gasteiger partial charge in [0.2, 0.25) is 0 Å². The molecule has 0 amide bonds. The Morgan fingerprint density at radius 2 is 2.15 bits per heavy atom. The van der Waals surface area contributed by atoms with Gasteiger partial charge in [0.1, 0.15) is 0 Å². The van der Waals surface area contributed by atoms with Gasteiger partial charge in [0.25, 0.3) is 0 Å². The molecule has 0 atom stereocenters. The zero-order chi connectivity index (χ0) is 9.84. The summed E-state index contributed by atoms with van der Waals surface area (Å²) in [4.78, 5) is 0. The predicted octanol–water partition coefficient (Wildman–Crippen LogP) is 1.21. The highest BCUT2D eigenvalue weighted by molar-refractivity contribution is 5.26. The van der Waals surface area contributed by atoms with Crippen molar-refractivity contribution in [1.29, 1.82) is 0 Å². The fourth-order valence-electron chi connectivity index (χ4n) is 1.61. The number of hydrogen-bond donors (Lipinski definition) is 1. The molecule has 0 saturated carbocycles. The molecule has 0 saturated heterocycles. The van der Waals surface area contributed by atoms with E-state index in [0.29, 0.717) is 6.54 Å². The minimum Gasteiger partial charge on any atom is -0.383 e. The fraction of sp³-hybridized carbons (Fsp3) is 0.600. The number of aromatic nitrogens is 1. The lowest BCUT2D eigenvalue weighted by Gasteiger charge is -2.08. The molecule has 0 radical (unpaired) electrons. The predicted molar refractivity (Wildman–Crippen MR) is 53.7 cm³/mol. The highest BCUT2D eigenvalue weighted by Crippen LogP contribution is 2.13. The Kier molecular flexibility index (Phi) is 3.51. The molecular weight excluding hydrogens is 164 g/mol. The molecule has 0 spiro atoms. The summed E-state index contributed by atoms with van der Waals surface area (Å²) in [6.45, 7) is 6.48. The first-order valence-electron chi connectivity index (χ1n) is 4.55. The summed E-state index contributed by atoms with van der Waals surface area (Å²) in [6, 6.07) is 2.14. The van der Waals surface area contributed by atoms with Crippen molar-refractivity contribution in [3.05, 3.63) is 23.0 Å². The summed E-state index contributed by atoms with van der Waals surface area (Å²) in [5, 5.41) is 0. The van der Waals surface area contributed by atoms with Gasteiger partial charge in [0.15, 0.2) is 0 Å². The first-order valence-corrected chi connectivity index (χ1v) is 4.55. The molecule has 13 heavy (non-hydrogen) atoms. The average Bonchev–Trinajstić information content (AvgIpc) is 2.39. The molecule has 2 N–H and O–H groups in total. The van der Waals surface area contributed by atoms with Crippen LogP contribution in [-0.4, -0.2) is 18.3 Å². The van der Waals surface area contributed by atoms with Gasteiger partial charge in [-0.1, -0.05) is 0 Å². The molecule has 1 rings (SSSR count). The molecule has 1 aromatic heterocycles. The summed E-state index contributed by atoms with van der Waals surface area (Å²) in [7, 11) is 1.72. The second-order valence-corrected chi connectivity index (χ2v) is 3.24. The highest BCUT2D eigenvalue weighted by atomic mass is 16.5. The normalized spacial score (nSPS) is 10.8. The van der Waals surface area contributed by atoms with Gasteiger partial charge in [-0.3, -0.25) is 0 Å². The topological polar surface area (TPSA) is 40.2 Å². The van der Waals surface area contributed by atoms with Crippen LogP contribution in [0.1, 0.15) is 17.0 Å². The maximum Gasteiger partial charge on any atom is 0.0641 e. The van der Waals surface area contributed by atoms with Crippen LogP contribution in [0.15, 0.2) is 6.07 Å². The van der Waals surface area contributed by atoms with E-state index in [-0.39, 0.29) is 0 Å². The van der Waals surface area contributed by atoms with Crippen LogP contribution in [0.4, 0.5) is 0 Å². The van der Waals surface area contributed by atoms with Gasteiger partial charge in [-0.15, -0.1) is 0 Å². The molecule has 0 aliphatic heterocycles. The first kappa shape index (κ1) is 10.3. The Bertz CT molecular complexity index is 279. The van der Waals surface area contributed by atoms with Crippen molar-refractivity contribution in [2.45, 2.75) is 26.9 Å².